The number of hydrogen-bond donors (Lipinski definition) is 1. The van der Waals surface area contributed by atoms with Crippen molar-refractivity contribution in [3.63, 3.8) is 0 Å². The summed E-state index contributed by atoms with van der Waals surface area (Å²) in [6.07, 6.45) is 3.73. The molecule has 7 nitrogen and oxygen atoms in total. The maximum Gasteiger partial charge on any atom is 0.246 e. The molecule has 1 N–H and O–H groups in total. The molecule has 2 heterocycles. The molecule has 0 aliphatic heterocycles. The van der Waals surface area contributed by atoms with Crippen molar-refractivity contribution in [1.29, 1.82) is 0 Å². The lowest BCUT2D eigenvalue weighted by Crippen LogP contribution is -2.37. The molecular weight excluding hydrogens is 404 g/mol. The van der Waals surface area contributed by atoms with Gasteiger partial charge in [-0.2, -0.15) is 0 Å². The second kappa shape index (κ2) is 9.78. The van der Waals surface area contributed by atoms with E-state index in [1.807, 2.05) is 71.4 Å². The Morgan fingerprint density at radius 3 is 2.38 bits per heavy atom. The summed E-state index contributed by atoms with van der Waals surface area (Å²) < 4.78 is 7.18. The summed E-state index contributed by atoms with van der Waals surface area (Å²) in [6.45, 7) is 1.90. The third-order valence-electron chi connectivity index (χ3n) is 4.98. The minimum absolute atomic E-state index is 0.101. The molecule has 0 aliphatic rings. The zero-order valence-corrected chi connectivity index (χ0v) is 17.8. The predicted octanol–water partition coefficient (Wildman–Crippen LogP) is 4.51. The van der Waals surface area contributed by atoms with Crippen LogP contribution in [0.1, 0.15) is 19.1 Å². The van der Waals surface area contributed by atoms with Gasteiger partial charge in [-0.05, 0) is 24.3 Å². The number of amides is 2. The van der Waals surface area contributed by atoms with Crippen molar-refractivity contribution < 1.29 is 14.0 Å². The van der Waals surface area contributed by atoms with E-state index in [-0.39, 0.29) is 24.9 Å². The van der Waals surface area contributed by atoms with Crippen molar-refractivity contribution in [1.82, 2.24) is 14.5 Å². The fraction of sp³-hybridized carbons (Fsp3) is 0.160. The summed E-state index contributed by atoms with van der Waals surface area (Å²) in [5, 5.41) is 2.88. The maximum absolute atomic E-state index is 12.9. The first-order valence-electron chi connectivity index (χ1n) is 10.4. The van der Waals surface area contributed by atoms with Crippen LogP contribution in [0.25, 0.3) is 16.9 Å². The Kier molecular flexibility index (Phi) is 6.46. The number of aromatic nitrogens is 2. The first-order valence-corrected chi connectivity index (χ1v) is 10.4. The van der Waals surface area contributed by atoms with E-state index in [1.54, 1.807) is 25.3 Å². The van der Waals surface area contributed by atoms with Gasteiger partial charge in [0.15, 0.2) is 0 Å². The van der Waals surface area contributed by atoms with Crippen molar-refractivity contribution in [3.05, 3.63) is 91.0 Å². The van der Waals surface area contributed by atoms with Gasteiger partial charge in [-0.15, -0.1) is 0 Å². The second-order valence-corrected chi connectivity index (χ2v) is 7.25. The number of furan rings is 1. The molecule has 7 heteroatoms. The molecule has 0 radical (unpaired) electrons. The lowest BCUT2D eigenvalue weighted by Gasteiger charge is -2.20. The molecule has 0 fully saturated rings. The third kappa shape index (κ3) is 4.95. The number of imidazole rings is 1. The topological polar surface area (TPSA) is 80.4 Å². The summed E-state index contributed by atoms with van der Waals surface area (Å²) in [4.78, 5) is 31.4. The largest absolute Gasteiger partial charge is 0.467 e. The van der Waals surface area contributed by atoms with Gasteiger partial charge in [0.1, 0.15) is 12.3 Å². The molecular formula is C25H24N4O3. The van der Waals surface area contributed by atoms with E-state index in [0.717, 1.165) is 16.9 Å². The van der Waals surface area contributed by atoms with E-state index in [2.05, 4.69) is 10.3 Å². The first-order chi connectivity index (χ1) is 15.6. The molecule has 2 aromatic carbocycles. The Hall–Kier alpha value is -4.13. The van der Waals surface area contributed by atoms with Crippen LogP contribution in [0.3, 0.4) is 0 Å². The average molecular weight is 428 g/mol. The van der Waals surface area contributed by atoms with Crippen LogP contribution in [-0.2, 0) is 16.1 Å². The normalized spacial score (nSPS) is 10.7. The lowest BCUT2D eigenvalue weighted by atomic mass is 10.2. The fourth-order valence-electron chi connectivity index (χ4n) is 3.39. The van der Waals surface area contributed by atoms with Gasteiger partial charge < -0.3 is 9.32 Å². The molecule has 0 unspecified atom stereocenters. The molecule has 0 spiro atoms. The monoisotopic (exact) mass is 428 g/mol. The van der Waals surface area contributed by atoms with E-state index in [9.17, 15) is 9.59 Å². The van der Waals surface area contributed by atoms with Crippen molar-refractivity contribution in [3.8, 4) is 16.9 Å². The highest BCUT2D eigenvalue weighted by molar-refractivity contribution is 5.93. The van der Waals surface area contributed by atoms with E-state index in [0.29, 0.717) is 18.1 Å². The van der Waals surface area contributed by atoms with Crippen LogP contribution in [0.4, 0.5) is 5.95 Å². The smallest absolute Gasteiger partial charge is 0.246 e. The Morgan fingerprint density at radius 2 is 1.72 bits per heavy atom. The second-order valence-electron chi connectivity index (χ2n) is 7.25. The van der Waals surface area contributed by atoms with E-state index >= 15 is 0 Å². The van der Waals surface area contributed by atoms with Crippen LogP contribution >= 0.6 is 0 Å². The number of carbonyl (C=O) groups excluding carboxylic acids is 2. The molecule has 0 saturated heterocycles. The molecule has 2 amide bonds. The average Bonchev–Trinajstić information content (AvgIpc) is 3.49. The lowest BCUT2D eigenvalue weighted by molar-refractivity contribution is -0.135. The van der Waals surface area contributed by atoms with Gasteiger partial charge in [-0.3, -0.25) is 19.5 Å². The quantitative estimate of drug-likeness (QED) is 0.448. The molecule has 4 aromatic rings. The summed E-state index contributed by atoms with van der Waals surface area (Å²) >= 11 is 0. The number of rotatable bonds is 8. The van der Waals surface area contributed by atoms with E-state index in [4.69, 9.17) is 4.42 Å². The van der Waals surface area contributed by atoms with E-state index in [1.165, 1.54) is 4.90 Å². The molecule has 0 bridgehead atoms. The van der Waals surface area contributed by atoms with Gasteiger partial charge in [0.2, 0.25) is 17.8 Å². The highest BCUT2D eigenvalue weighted by atomic mass is 16.3. The van der Waals surface area contributed by atoms with Gasteiger partial charge in [-0.1, -0.05) is 55.5 Å². The zero-order valence-electron chi connectivity index (χ0n) is 17.8. The van der Waals surface area contributed by atoms with Crippen molar-refractivity contribution >= 4 is 17.8 Å². The minimum atomic E-state index is -0.333. The standard InChI is InChI=1S/C25H24N4O3/c1-2-24(31)28(16-21-14-9-15-32-21)18-23(30)27-25-26-22(19-10-5-3-6-11-19)17-29(25)20-12-7-4-8-13-20/h3-15,17H,2,16,18H2,1H3,(H,26,27,30). The van der Waals surface area contributed by atoms with Crippen LogP contribution in [0.2, 0.25) is 0 Å². The number of hydrogen-bond acceptors (Lipinski definition) is 4. The molecule has 4 rings (SSSR count). The predicted molar refractivity (Wildman–Crippen MR) is 122 cm³/mol. The highest BCUT2D eigenvalue weighted by Gasteiger charge is 2.20. The third-order valence-corrected chi connectivity index (χ3v) is 4.98. The fourth-order valence-corrected chi connectivity index (χ4v) is 3.39. The number of benzene rings is 2. The van der Waals surface area contributed by atoms with Gasteiger partial charge in [0, 0.05) is 23.9 Å². The minimum Gasteiger partial charge on any atom is -0.467 e. The van der Waals surface area contributed by atoms with Crippen LogP contribution in [0.5, 0.6) is 0 Å². The van der Waals surface area contributed by atoms with E-state index < -0.39 is 0 Å². The maximum atomic E-state index is 12.9. The number of para-hydroxylation sites is 1. The van der Waals surface area contributed by atoms with Gasteiger partial charge in [0.25, 0.3) is 0 Å². The Balaban J connectivity index is 1.58. The molecule has 0 aliphatic carbocycles. The molecule has 0 atom stereocenters. The van der Waals surface area contributed by atoms with Crippen molar-refractivity contribution in [2.75, 3.05) is 11.9 Å². The summed E-state index contributed by atoms with van der Waals surface area (Å²) in [6, 6.07) is 23.0. The molecule has 0 saturated carbocycles. The Morgan fingerprint density at radius 1 is 1.00 bits per heavy atom. The van der Waals surface area contributed by atoms with Crippen LogP contribution in [-0.4, -0.2) is 32.8 Å². The van der Waals surface area contributed by atoms with Crippen molar-refractivity contribution in [2.45, 2.75) is 19.9 Å². The van der Waals surface area contributed by atoms with Crippen LogP contribution in [0.15, 0.2) is 89.7 Å². The Labute approximate surface area is 186 Å². The Bertz CT molecular complexity index is 1170. The number of anilines is 1. The molecule has 2 aromatic heterocycles. The molecule has 32 heavy (non-hydrogen) atoms. The van der Waals surface area contributed by atoms with Crippen LogP contribution < -0.4 is 5.32 Å². The number of carbonyl (C=O) groups is 2. The van der Waals surface area contributed by atoms with Gasteiger partial charge in [-0.25, -0.2) is 4.98 Å². The highest BCUT2D eigenvalue weighted by Crippen LogP contribution is 2.24. The first kappa shape index (κ1) is 21.1. The zero-order chi connectivity index (χ0) is 22.3. The summed E-state index contributed by atoms with van der Waals surface area (Å²) in [7, 11) is 0. The van der Waals surface area contributed by atoms with Crippen LogP contribution in [0, 0.1) is 0 Å². The number of nitrogens with zero attached hydrogens (tertiary/aromatic N) is 3. The summed E-state index contributed by atoms with van der Waals surface area (Å²) in [5.74, 6) is 0.548. The molecule has 162 valence electrons. The number of nitrogens with one attached hydrogen (secondary N) is 1. The van der Waals surface area contributed by atoms with Gasteiger partial charge >= 0.3 is 0 Å². The van der Waals surface area contributed by atoms with Crippen molar-refractivity contribution in [2.24, 2.45) is 0 Å². The SMILES string of the molecule is CCC(=O)N(CC(=O)Nc1nc(-c2ccccc2)cn1-c1ccccc1)Cc1ccco1. The summed E-state index contributed by atoms with van der Waals surface area (Å²) in [5.41, 5.74) is 2.55. The van der Waals surface area contributed by atoms with Gasteiger partial charge in [0.05, 0.1) is 18.5 Å².